The predicted molar refractivity (Wildman–Crippen MR) is 74.3 cm³/mol. The summed E-state index contributed by atoms with van der Waals surface area (Å²) in [5.74, 6) is 0.670. The van der Waals surface area contributed by atoms with Crippen LogP contribution in [0.3, 0.4) is 0 Å². The molecule has 0 fully saturated rings. The average Bonchev–Trinajstić information content (AvgIpc) is 2.28. The van der Waals surface area contributed by atoms with Crippen LogP contribution in [0.2, 0.25) is 0 Å². The molecule has 0 aromatic heterocycles. The lowest BCUT2D eigenvalue weighted by Crippen LogP contribution is -2.24. The number of hydrogen-bond donors (Lipinski definition) is 1. The van der Waals surface area contributed by atoms with E-state index in [1.54, 1.807) is 14.2 Å². The number of hydrogen-bond acceptors (Lipinski definition) is 3. The first kappa shape index (κ1) is 15.3. The van der Waals surface area contributed by atoms with Gasteiger partial charge in [0.25, 0.3) is 0 Å². The molecule has 0 heterocycles. The van der Waals surface area contributed by atoms with Gasteiger partial charge >= 0.3 is 5.97 Å². The summed E-state index contributed by atoms with van der Waals surface area (Å²) in [6.45, 7) is 7.68. The highest BCUT2D eigenvalue weighted by atomic mass is 16.5. The van der Waals surface area contributed by atoms with Gasteiger partial charge in [-0.15, -0.1) is 0 Å². The Bertz CT molecular complexity index is 489. The summed E-state index contributed by atoms with van der Waals surface area (Å²) < 4.78 is 10.8. The van der Waals surface area contributed by atoms with Crippen LogP contribution in [0.15, 0.2) is 6.07 Å². The lowest BCUT2D eigenvalue weighted by molar-refractivity contribution is -0.138. The fourth-order valence-corrected chi connectivity index (χ4v) is 2.62. The Balaban J connectivity index is 3.54. The summed E-state index contributed by atoms with van der Waals surface area (Å²) in [6.07, 6.45) is 0.0385. The van der Waals surface area contributed by atoms with E-state index in [1.165, 1.54) is 0 Å². The Morgan fingerprint density at radius 3 is 2.26 bits per heavy atom. The molecule has 0 unspecified atom stereocenters. The van der Waals surface area contributed by atoms with E-state index in [1.807, 2.05) is 33.8 Å². The van der Waals surface area contributed by atoms with E-state index in [0.717, 1.165) is 28.2 Å². The van der Waals surface area contributed by atoms with Gasteiger partial charge in [0.15, 0.2) is 0 Å². The normalized spacial score (nSPS) is 11.3. The van der Waals surface area contributed by atoms with E-state index >= 15 is 0 Å². The maximum Gasteiger partial charge on any atom is 0.304 e. The molecular formula is C15H22O4. The monoisotopic (exact) mass is 266 g/mol. The van der Waals surface area contributed by atoms with E-state index in [0.29, 0.717) is 0 Å². The summed E-state index contributed by atoms with van der Waals surface area (Å²) in [5, 5.41) is 9.09. The molecule has 106 valence electrons. The van der Waals surface area contributed by atoms with Gasteiger partial charge in [-0.3, -0.25) is 4.79 Å². The Morgan fingerprint density at radius 1 is 1.26 bits per heavy atom. The number of methoxy groups -OCH3 is 2. The molecular weight excluding hydrogens is 244 g/mol. The number of carboxylic acid groups (broad SMARTS) is 1. The van der Waals surface area contributed by atoms with Crippen molar-refractivity contribution in [1.82, 2.24) is 0 Å². The molecule has 0 saturated carbocycles. The maximum atomic E-state index is 11.1. The van der Waals surface area contributed by atoms with E-state index in [-0.39, 0.29) is 6.42 Å². The zero-order valence-corrected chi connectivity index (χ0v) is 12.5. The van der Waals surface area contributed by atoms with Crippen LogP contribution in [-0.2, 0) is 10.2 Å². The molecule has 1 aromatic rings. The van der Waals surface area contributed by atoms with Gasteiger partial charge in [-0.1, -0.05) is 13.8 Å². The average molecular weight is 266 g/mol. The fraction of sp³-hybridized carbons (Fsp3) is 0.533. The minimum absolute atomic E-state index is 0.0385. The molecule has 19 heavy (non-hydrogen) atoms. The fourth-order valence-electron chi connectivity index (χ4n) is 2.62. The Kier molecular flexibility index (Phi) is 4.45. The Hall–Kier alpha value is -1.71. The molecule has 1 N–H and O–H groups in total. The summed E-state index contributed by atoms with van der Waals surface area (Å²) in [5.41, 5.74) is 2.24. The van der Waals surface area contributed by atoms with Crippen LogP contribution in [-0.4, -0.2) is 25.3 Å². The van der Waals surface area contributed by atoms with Crippen LogP contribution in [0.25, 0.3) is 0 Å². The molecule has 4 heteroatoms. The van der Waals surface area contributed by atoms with Crippen LogP contribution in [0.1, 0.15) is 37.0 Å². The van der Waals surface area contributed by atoms with Crippen LogP contribution < -0.4 is 9.47 Å². The topological polar surface area (TPSA) is 55.8 Å². The third-order valence-electron chi connectivity index (χ3n) is 3.37. The molecule has 1 rings (SSSR count). The highest BCUT2D eigenvalue weighted by Gasteiger charge is 2.31. The van der Waals surface area contributed by atoms with E-state index in [9.17, 15) is 4.79 Å². The number of aliphatic carboxylic acids is 1. The molecule has 0 saturated heterocycles. The van der Waals surface area contributed by atoms with Gasteiger partial charge < -0.3 is 14.6 Å². The van der Waals surface area contributed by atoms with Crippen molar-refractivity contribution in [2.45, 2.75) is 39.5 Å². The largest absolute Gasteiger partial charge is 0.496 e. The van der Waals surface area contributed by atoms with Crippen LogP contribution in [0, 0.1) is 13.8 Å². The van der Waals surface area contributed by atoms with Crippen molar-refractivity contribution in [2.24, 2.45) is 0 Å². The first-order chi connectivity index (χ1) is 8.74. The second kappa shape index (κ2) is 5.51. The lowest BCUT2D eigenvalue weighted by Gasteiger charge is -2.29. The second-order valence-electron chi connectivity index (χ2n) is 5.38. The third kappa shape index (κ3) is 3.00. The zero-order valence-electron chi connectivity index (χ0n) is 12.5. The van der Waals surface area contributed by atoms with E-state index in [4.69, 9.17) is 14.6 Å². The molecule has 0 atom stereocenters. The summed E-state index contributed by atoms with van der Waals surface area (Å²) >= 11 is 0. The van der Waals surface area contributed by atoms with E-state index < -0.39 is 11.4 Å². The van der Waals surface area contributed by atoms with Gasteiger partial charge in [-0.05, 0) is 31.0 Å². The summed E-state index contributed by atoms with van der Waals surface area (Å²) in [6, 6.07) is 1.91. The van der Waals surface area contributed by atoms with Gasteiger partial charge in [0.05, 0.1) is 20.6 Å². The van der Waals surface area contributed by atoms with Crippen molar-refractivity contribution in [1.29, 1.82) is 0 Å². The van der Waals surface area contributed by atoms with Gasteiger partial charge in [0.2, 0.25) is 0 Å². The minimum Gasteiger partial charge on any atom is -0.496 e. The molecule has 0 radical (unpaired) electrons. The SMILES string of the molecule is COc1cc(C)c(OC)c(C(C)(C)CC(=O)O)c1C. The molecule has 0 spiro atoms. The number of benzene rings is 1. The summed E-state index contributed by atoms with van der Waals surface area (Å²) in [7, 11) is 3.22. The Labute approximate surface area is 114 Å². The van der Waals surface area contributed by atoms with Gasteiger partial charge in [-0.2, -0.15) is 0 Å². The van der Waals surface area contributed by atoms with Crippen molar-refractivity contribution >= 4 is 5.97 Å². The van der Waals surface area contributed by atoms with Crippen molar-refractivity contribution < 1.29 is 19.4 Å². The van der Waals surface area contributed by atoms with Crippen molar-refractivity contribution in [3.63, 3.8) is 0 Å². The van der Waals surface area contributed by atoms with Crippen molar-refractivity contribution in [3.05, 3.63) is 22.8 Å². The quantitative estimate of drug-likeness (QED) is 0.889. The highest BCUT2D eigenvalue weighted by Crippen LogP contribution is 2.42. The van der Waals surface area contributed by atoms with Crippen LogP contribution >= 0.6 is 0 Å². The number of ether oxygens (including phenoxy) is 2. The lowest BCUT2D eigenvalue weighted by atomic mass is 9.77. The first-order valence-electron chi connectivity index (χ1n) is 6.19. The molecule has 0 amide bonds. The molecule has 1 aromatic carbocycles. The summed E-state index contributed by atoms with van der Waals surface area (Å²) in [4.78, 5) is 11.1. The zero-order chi connectivity index (χ0) is 14.8. The van der Waals surface area contributed by atoms with Crippen molar-refractivity contribution in [3.8, 4) is 11.5 Å². The third-order valence-corrected chi connectivity index (χ3v) is 3.37. The number of carboxylic acids is 1. The number of rotatable bonds is 5. The standard InChI is InChI=1S/C15H22O4/c1-9-7-11(18-5)10(2)13(14(9)19-6)15(3,4)8-12(16)17/h7H,8H2,1-6H3,(H,16,17). The predicted octanol–water partition coefficient (Wildman–Crippen LogP) is 3.07. The minimum atomic E-state index is -0.827. The number of carbonyl (C=O) groups is 1. The van der Waals surface area contributed by atoms with Crippen LogP contribution in [0.4, 0.5) is 0 Å². The molecule has 4 nitrogen and oxygen atoms in total. The van der Waals surface area contributed by atoms with Gasteiger partial charge in [0.1, 0.15) is 11.5 Å². The van der Waals surface area contributed by atoms with Gasteiger partial charge in [-0.25, -0.2) is 0 Å². The van der Waals surface area contributed by atoms with Crippen LogP contribution in [0.5, 0.6) is 11.5 Å². The Morgan fingerprint density at radius 2 is 1.84 bits per heavy atom. The van der Waals surface area contributed by atoms with Gasteiger partial charge in [0, 0.05) is 11.0 Å². The number of aryl methyl sites for hydroxylation is 1. The first-order valence-corrected chi connectivity index (χ1v) is 6.19. The molecule has 0 aliphatic heterocycles. The molecule has 0 aliphatic carbocycles. The van der Waals surface area contributed by atoms with Crippen molar-refractivity contribution in [2.75, 3.05) is 14.2 Å². The highest BCUT2D eigenvalue weighted by molar-refractivity contribution is 5.70. The molecule has 0 bridgehead atoms. The maximum absolute atomic E-state index is 11.1. The van der Waals surface area contributed by atoms with E-state index in [2.05, 4.69) is 0 Å². The smallest absolute Gasteiger partial charge is 0.304 e. The second-order valence-corrected chi connectivity index (χ2v) is 5.38. The molecule has 0 aliphatic rings.